The van der Waals surface area contributed by atoms with Crippen molar-refractivity contribution < 1.29 is 18.5 Å². The second-order valence-corrected chi connectivity index (χ2v) is 8.04. The molecule has 0 bridgehead atoms. The lowest BCUT2D eigenvalue weighted by Crippen LogP contribution is -2.46. The van der Waals surface area contributed by atoms with Crippen molar-refractivity contribution in [2.75, 3.05) is 32.2 Å². The minimum atomic E-state index is -0.945. The van der Waals surface area contributed by atoms with Crippen LogP contribution in [0, 0.1) is 11.3 Å². The van der Waals surface area contributed by atoms with Gasteiger partial charge in [-0.15, -0.1) is 0 Å². The molecule has 1 saturated carbocycles. The number of esters is 1. The number of urea groups is 1. The third kappa shape index (κ3) is 3.45. The van der Waals surface area contributed by atoms with Crippen molar-refractivity contribution in [3.8, 4) is 0 Å². The number of ether oxygens (including phenoxy) is 1. The molecule has 4 atom stereocenters. The van der Waals surface area contributed by atoms with Crippen LogP contribution in [0.15, 0.2) is 0 Å². The van der Waals surface area contributed by atoms with E-state index in [1.54, 1.807) is 11.2 Å². The van der Waals surface area contributed by atoms with E-state index in [4.69, 9.17) is 4.74 Å². The quantitative estimate of drug-likeness (QED) is 0.784. The highest BCUT2D eigenvalue weighted by Crippen LogP contribution is 2.47. The number of hydrogen-bond donors (Lipinski definition) is 1. The highest BCUT2D eigenvalue weighted by Gasteiger charge is 2.54. The monoisotopic (exact) mass is 330 g/mol. The van der Waals surface area contributed by atoms with Crippen LogP contribution < -0.4 is 5.32 Å². The summed E-state index contributed by atoms with van der Waals surface area (Å²) in [6.07, 6.45) is 5.49. The third-order valence-electron chi connectivity index (χ3n) is 4.85. The Balaban J connectivity index is 2.04. The van der Waals surface area contributed by atoms with E-state index in [0.717, 1.165) is 25.7 Å². The summed E-state index contributed by atoms with van der Waals surface area (Å²) in [4.78, 5) is 26.4. The van der Waals surface area contributed by atoms with Gasteiger partial charge in [-0.25, -0.2) is 4.79 Å². The molecule has 22 heavy (non-hydrogen) atoms. The van der Waals surface area contributed by atoms with Gasteiger partial charge in [0.1, 0.15) is 0 Å². The van der Waals surface area contributed by atoms with Gasteiger partial charge in [0, 0.05) is 41.9 Å². The molecule has 1 N–H and O–H groups in total. The minimum absolute atomic E-state index is 0.143. The summed E-state index contributed by atoms with van der Waals surface area (Å²) in [7, 11) is 0.476. The van der Waals surface area contributed by atoms with Gasteiger partial charge in [-0.1, -0.05) is 12.8 Å². The van der Waals surface area contributed by atoms with E-state index in [1.165, 1.54) is 7.11 Å². The Morgan fingerprint density at radius 3 is 2.82 bits per heavy atom. The largest absolute Gasteiger partial charge is 0.469 e. The Hall–Kier alpha value is -1.11. The number of rotatable bonds is 4. The fourth-order valence-electron chi connectivity index (χ4n) is 3.84. The van der Waals surface area contributed by atoms with Crippen molar-refractivity contribution in [3.05, 3.63) is 0 Å². The van der Waals surface area contributed by atoms with Gasteiger partial charge in [0.15, 0.2) is 0 Å². The molecule has 0 aromatic rings. The molecular weight excluding hydrogens is 304 g/mol. The molecule has 2 amide bonds. The Morgan fingerprint density at radius 2 is 2.18 bits per heavy atom. The number of fused-ring (bicyclic) bond motifs is 1. The van der Waals surface area contributed by atoms with Gasteiger partial charge in [0.25, 0.3) is 0 Å². The molecule has 2 fully saturated rings. The van der Waals surface area contributed by atoms with Gasteiger partial charge in [0.2, 0.25) is 0 Å². The van der Waals surface area contributed by atoms with Crippen molar-refractivity contribution in [1.29, 1.82) is 0 Å². The molecule has 0 unspecified atom stereocenters. The Bertz CT molecular complexity index is 470. The highest BCUT2D eigenvalue weighted by atomic mass is 32.2. The second-order valence-electron chi connectivity index (χ2n) is 6.56. The van der Waals surface area contributed by atoms with Crippen molar-refractivity contribution >= 4 is 22.8 Å². The Morgan fingerprint density at radius 1 is 1.45 bits per heavy atom. The van der Waals surface area contributed by atoms with Crippen LogP contribution in [-0.2, 0) is 20.3 Å². The molecule has 126 valence electrons. The van der Waals surface area contributed by atoms with Crippen molar-refractivity contribution in [2.24, 2.45) is 11.3 Å². The molecule has 0 aromatic heterocycles. The lowest BCUT2D eigenvalue weighted by atomic mass is 9.68. The van der Waals surface area contributed by atoms with Gasteiger partial charge in [0.05, 0.1) is 12.5 Å². The zero-order chi connectivity index (χ0) is 16.3. The lowest BCUT2D eigenvalue weighted by Gasteiger charge is -2.35. The zero-order valence-electron chi connectivity index (χ0n) is 13.6. The molecule has 2 aliphatic rings. The van der Waals surface area contributed by atoms with E-state index < -0.39 is 16.2 Å². The van der Waals surface area contributed by atoms with Crippen molar-refractivity contribution in [2.45, 2.75) is 38.6 Å². The summed E-state index contributed by atoms with van der Waals surface area (Å²) < 4.78 is 16.2. The third-order valence-corrected chi connectivity index (χ3v) is 5.82. The zero-order valence-corrected chi connectivity index (χ0v) is 14.4. The van der Waals surface area contributed by atoms with Crippen LogP contribution in [0.4, 0.5) is 4.79 Å². The van der Waals surface area contributed by atoms with Gasteiger partial charge in [-0.3, -0.25) is 9.00 Å². The highest BCUT2D eigenvalue weighted by molar-refractivity contribution is 7.84. The van der Waals surface area contributed by atoms with E-state index in [1.807, 2.05) is 6.92 Å². The minimum Gasteiger partial charge on any atom is -0.469 e. The van der Waals surface area contributed by atoms with E-state index in [0.29, 0.717) is 18.8 Å². The SMILES string of the molecule is COC(=O)[C@@]12CCCC[C@@H]1CN(C(=O)N[C@H](C)C[S@](C)=O)C2. The number of carbonyl (C=O) groups is 2. The molecule has 6 nitrogen and oxygen atoms in total. The summed E-state index contributed by atoms with van der Waals surface area (Å²) in [5.41, 5.74) is -0.527. The van der Waals surface area contributed by atoms with E-state index in [9.17, 15) is 13.8 Å². The topological polar surface area (TPSA) is 75.7 Å². The fraction of sp³-hybridized carbons (Fsp3) is 0.867. The van der Waals surface area contributed by atoms with E-state index >= 15 is 0 Å². The number of nitrogens with zero attached hydrogens (tertiary/aromatic N) is 1. The summed E-state index contributed by atoms with van der Waals surface area (Å²) in [5.74, 6) is 0.441. The summed E-state index contributed by atoms with van der Waals surface area (Å²) in [5, 5.41) is 2.88. The first-order valence-electron chi connectivity index (χ1n) is 7.83. The maximum absolute atomic E-state index is 12.4. The molecule has 1 heterocycles. The summed E-state index contributed by atoms with van der Waals surface area (Å²) in [6.45, 7) is 2.87. The molecule has 0 aromatic carbocycles. The standard InChI is InChI=1S/C15H26N2O4S/c1-11(9-22(3)20)16-14(19)17-8-12-6-4-5-7-15(12,10-17)13(18)21-2/h11-12H,4-10H2,1-3H3,(H,16,19)/t11-,12-,15-,22+/m1/s1. The van der Waals surface area contributed by atoms with Crippen LogP contribution in [0.2, 0.25) is 0 Å². The summed E-state index contributed by atoms with van der Waals surface area (Å²) >= 11 is 0. The van der Waals surface area contributed by atoms with Gasteiger partial charge in [-0.05, 0) is 25.7 Å². The average Bonchev–Trinajstić information content (AvgIpc) is 2.86. The van der Waals surface area contributed by atoms with Crippen LogP contribution >= 0.6 is 0 Å². The van der Waals surface area contributed by atoms with Crippen LogP contribution in [0.5, 0.6) is 0 Å². The fourth-order valence-corrected chi connectivity index (χ4v) is 4.63. The number of carbonyl (C=O) groups excluding carboxylic acids is 2. The van der Waals surface area contributed by atoms with Crippen molar-refractivity contribution in [3.63, 3.8) is 0 Å². The maximum atomic E-state index is 12.4. The van der Waals surface area contributed by atoms with Crippen LogP contribution in [0.1, 0.15) is 32.6 Å². The number of nitrogens with one attached hydrogen (secondary N) is 1. The Labute approximate surface area is 134 Å². The van der Waals surface area contributed by atoms with E-state index in [2.05, 4.69) is 5.32 Å². The van der Waals surface area contributed by atoms with Crippen LogP contribution in [0.3, 0.4) is 0 Å². The number of amides is 2. The molecule has 0 spiro atoms. The molecule has 7 heteroatoms. The number of hydrogen-bond acceptors (Lipinski definition) is 4. The first-order valence-corrected chi connectivity index (χ1v) is 9.55. The van der Waals surface area contributed by atoms with E-state index in [-0.39, 0.29) is 24.0 Å². The molecule has 0 radical (unpaired) electrons. The molecule has 1 aliphatic heterocycles. The molecule has 2 rings (SSSR count). The smallest absolute Gasteiger partial charge is 0.317 e. The Kier molecular flexibility index (Phi) is 5.47. The van der Waals surface area contributed by atoms with Crippen molar-refractivity contribution in [1.82, 2.24) is 10.2 Å². The maximum Gasteiger partial charge on any atom is 0.317 e. The predicted octanol–water partition coefficient (Wildman–Crippen LogP) is 1.13. The van der Waals surface area contributed by atoms with Gasteiger partial charge >= 0.3 is 12.0 Å². The normalized spacial score (nSPS) is 30.3. The van der Waals surface area contributed by atoms with Gasteiger partial charge < -0.3 is 15.0 Å². The second kappa shape index (κ2) is 6.98. The molecule has 1 saturated heterocycles. The number of methoxy groups -OCH3 is 1. The lowest BCUT2D eigenvalue weighted by molar-refractivity contribution is -0.156. The predicted molar refractivity (Wildman–Crippen MR) is 84.9 cm³/mol. The average molecular weight is 330 g/mol. The molecular formula is C15H26N2O4S. The van der Waals surface area contributed by atoms with Gasteiger partial charge in [-0.2, -0.15) is 0 Å². The summed E-state index contributed by atoms with van der Waals surface area (Å²) in [6, 6.07) is -0.314. The first kappa shape index (κ1) is 17.2. The van der Waals surface area contributed by atoms with Crippen LogP contribution in [-0.4, -0.2) is 59.4 Å². The van der Waals surface area contributed by atoms with Crippen LogP contribution in [0.25, 0.3) is 0 Å². The first-order chi connectivity index (χ1) is 10.4. The number of likely N-dealkylation sites (tertiary alicyclic amines) is 1. The molecule has 1 aliphatic carbocycles.